The number of fused-ring (bicyclic) bond motifs is 2. The van der Waals surface area contributed by atoms with Crippen molar-refractivity contribution in [3.05, 3.63) is 58.7 Å². The Kier molecular flexibility index (Phi) is 5.74. The summed E-state index contributed by atoms with van der Waals surface area (Å²) in [5, 5.41) is 31.2. The van der Waals surface area contributed by atoms with Crippen molar-refractivity contribution < 1.29 is 34.3 Å². The smallest absolute Gasteiger partial charge is 0.225 e. The lowest BCUT2D eigenvalue weighted by Crippen LogP contribution is -2.62. The van der Waals surface area contributed by atoms with Crippen LogP contribution in [0.2, 0.25) is 0 Å². The lowest BCUT2D eigenvalue weighted by Gasteiger charge is -2.45. The standard InChI is InChI=1S/C23H28O7/c1-4-28-17-7-5-14(6-8-17)9-15-10-18-16(11-19(15)27-3)12-29-23(18)22(26)21(25)20(24)13(2)30-23/h5-8,10-11,13,20-22,24-26H,4,9,12H2,1-3H3/t13-,20-,21+,22-,23+/m1/s1. The minimum Gasteiger partial charge on any atom is -0.496 e. The number of rotatable bonds is 5. The van der Waals surface area contributed by atoms with Gasteiger partial charge in [0.05, 0.1) is 26.4 Å². The van der Waals surface area contributed by atoms with Crippen LogP contribution in [0.3, 0.4) is 0 Å². The van der Waals surface area contributed by atoms with E-state index in [9.17, 15) is 15.3 Å². The summed E-state index contributed by atoms with van der Waals surface area (Å²) in [5.74, 6) is 0.00440. The van der Waals surface area contributed by atoms with Gasteiger partial charge in [0.25, 0.3) is 0 Å². The van der Waals surface area contributed by atoms with Gasteiger partial charge in [0, 0.05) is 12.0 Å². The second kappa shape index (κ2) is 8.17. The van der Waals surface area contributed by atoms with E-state index in [0.717, 1.165) is 22.4 Å². The number of ether oxygens (including phenoxy) is 4. The SMILES string of the molecule is CCOc1ccc(Cc2cc3c(cc2OC)CO[C@]32O[C@H](C)[C@@H](O)[C@H](O)[C@H]2O)cc1. The molecule has 0 aromatic heterocycles. The van der Waals surface area contributed by atoms with Gasteiger partial charge in [-0.3, -0.25) is 0 Å². The molecule has 2 aromatic rings. The van der Waals surface area contributed by atoms with Gasteiger partial charge in [-0.25, -0.2) is 0 Å². The molecule has 1 fully saturated rings. The summed E-state index contributed by atoms with van der Waals surface area (Å²) in [6.45, 7) is 4.41. The van der Waals surface area contributed by atoms with E-state index in [1.807, 2.05) is 43.3 Å². The van der Waals surface area contributed by atoms with Crippen molar-refractivity contribution in [3.8, 4) is 11.5 Å². The van der Waals surface area contributed by atoms with Crippen molar-refractivity contribution in [1.29, 1.82) is 0 Å². The molecule has 162 valence electrons. The van der Waals surface area contributed by atoms with Gasteiger partial charge in [0.15, 0.2) is 0 Å². The van der Waals surface area contributed by atoms with Crippen molar-refractivity contribution >= 4 is 0 Å². The fraction of sp³-hybridized carbons (Fsp3) is 0.478. The maximum atomic E-state index is 10.7. The number of aliphatic hydroxyl groups excluding tert-OH is 3. The molecule has 4 rings (SSSR count). The number of hydrogen-bond donors (Lipinski definition) is 3. The molecule has 1 spiro atoms. The van der Waals surface area contributed by atoms with E-state index >= 15 is 0 Å². The molecule has 0 radical (unpaired) electrons. The summed E-state index contributed by atoms with van der Waals surface area (Å²) in [5.41, 5.74) is 3.43. The first-order chi connectivity index (χ1) is 14.4. The summed E-state index contributed by atoms with van der Waals surface area (Å²) in [7, 11) is 1.61. The Morgan fingerprint density at radius 1 is 1.10 bits per heavy atom. The Hall–Kier alpha value is -2.16. The Morgan fingerprint density at radius 2 is 1.83 bits per heavy atom. The second-order valence-electron chi connectivity index (χ2n) is 7.78. The van der Waals surface area contributed by atoms with Gasteiger partial charge < -0.3 is 34.3 Å². The van der Waals surface area contributed by atoms with Crippen molar-refractivity contribution in [1.82, 2.24) is 0 Å². The van der Waals surface area contributed by atoms with Gasteiger partial charge in [-0.15, -0.1) is 0 Å². The predicted molar refractivity (Wildman–Crippen MR) is 108 cm³/mol. The number of methoxy groups -OCH3 is 1. The van der Waals surface area contributed by atoms with Gasteiger partial charge >= 0.3 is 0 Å². The van der Waals surface area contributed by atoms with Crippen LogP contribution in [0.15, 0.2) is 36.4 Å². The average molecular weight is 416 g/mol. The van der Waals surface area contributed by atoms with E-state index in [0.29, 0.717) is 24.3 Å². The first-order valence-corrected chi connectivity index (χ1v) is 10.2. The molecular formula is C23H28O7. The van der Waals surface area contributed by atoms with Crippen LogP contribution in [-0.4, -0.2) is 53.5 Å². The van der Waals surface area contributed by atoms with Gasteiger partial charge in [-0.2, -0.15) is 0 Å². The minimum atomic E-state index is -1.52. The van der Waals surface area contributed by atoms with E-state index in [-0.39, 0.29) is 6.61 Å². The minimum absolute atomic E-state index is 0.210. The molecular weight excluding hydrogens is 388 g/mol. The third-order valence-corrected chi connectivity index (χ3v) is 5.86. The number of aliphatic hydroxyl groups is 3. The van der Waals surface area contributed by atoms with E-state index in [1.165, 1.54) is 0 Å². The highest BCUT2D eigenvalue weighted by Crippen LogP contribution is 2.47. The third kappa shape index (κ3) is 3.46. The molecule has 5 atom stereocenters. The van der Waals surface area contributed by atoms with Gasteiger partial charge in [-0.05, 0) is 54.8 Å². The molecule has 2 aromatic carbocycles. The molecule has 2 aliphatic rings. The van der Waals surface area contributed by atoms with Crippen molar-refractivity contribution in [3.63, 3.8) is 0 Å². The Morgan fingerprint density at radius 3 is 2.50 bits per heavy atom. The molecule has 7 heteroatoms. The van der Waals surface area contributed by atoms with Gasteiger partial charge in [0.1, 0.15) is 29.8 Å². The van der Waals surface area contributed by atoms with E-state index in [1.54, 1.807) is 14.0 Å². The topological polar surface area (TPSA) is 97.6 Å². The van der Waals surface area contributed by atoms with Crippen LogP contribution < -0.4 is 9.47 Å². The largest absolute Gasteiger partial charge is 0.496 e. The third-order valence-electron chi connectivity index (χ3n) is 5.86. The molecule has 3 N–H and O–H groups in total. The first-order valence-electron chi connectivity index (χ1n) is 10.2. The molecule has 2 heterocycles. The van der Waals surface area contributed by atoms with Gasteiger partial charge in [0.2, 0.25) is 5.79 Å². The molecule has 7 nitrogen and oxygen atoms in total. The average Bonchev–Trinajstić information content (AvgIpc) is 3.10. The Bertz CT molecular complexity index is 897. The van der Waals surface area contributed by atoms with Crippen molar-refractivity contribution in [2.45, 2.75) is 57.1 Å². The fourth-order valence-corrected chi connectivity index (χ4v) is 4.24. The number of hydrogen-bond acceptors (Lipinski definition) is 7. The van der Waals surface area contributed by atoms with Crippen LogP contribution in [0, 0.1) is 0 Å². The van der Waals surface area contributed by atoms with Crippen molar-refractivity contribution in [2.24, 2.45) is 0 Å². The molecule has 1 saturated heterocycles. The lowest BCUT2D eigenvalue weighted by atomic mass is 9.86. The molecule has 0 saturated carbocycles. The highest BCUT2D eigenvalue weighted by Gasteiger charge is 2.57. The molecule has 0 aliphatic carbocycles. The highest BCUT2D eigenvalue weighted by molar-refractivity contribution is 5.49. The molecule has 30 heavy (non-hydrogen) atoms. The van der Waals surface area contributed by atoms with Gasteiger partial charge in [-0.1, -0.05) is 12.1 Å². The maximum Gasteiger partial charge on any atom is 0.225 e. The Balaban J connectivity index is 1.70. The van der Waals surface area contributed by atoms with Crippen LogP contribution >= 0.6 is 0 Å². The van der Waals surface area contributed by atoms with Crippen LogP contribution in [-0.2, 0) is 28.3 Å². The fourth-order valence-electron chi connectivity index (χ4n) is 4.24. The van der Waals surface area contributed by atoms with Crippen molar-refractivity contribution in [2.75, 3.05) is 13.7 Å². The van der Waals surface area contributed by atoms with Crippen LogP contribution in [0.4, 0.5) is 0 Å². The normalized spacial score (nSPS) is 30.3. The first kappa shape index (κ1) is 21.1. The highest BCUT2D eigenvalue weighted by atomic mass is 16.7. The zero-order valence-electron chi connectivity index (χ0n) is 17.4. The lowest BCUT2D eigenvalue weighted by molar-refractivity contribution is -0.362. The summed E-state index contributed by atoms with van der Waals surface area (Å²) in [6.07, 6.45) is -4.10. The summed E-state index contributed by atoms with van der Waals surface area (Å²) >= 11 is 0. The second-order valence-corrected chi connectivity index (χ2v) is 7.78. The molecule has 0 bridgehead atoms. The van der Waals surface area contributed by atoms with Crippen LogP contribution in [0.1, 0.15) is 36.1 Å². The quantitative estimate of drug-likeness (QED) is 0.685. The van der Waals surface area contributed by atoms with Crippen LogP contribution in [0.25, 0.3) is 0 Å². The summed E-state index contributed by atoms with van der Waals surface area (Å²) in [6, 6.07) is 11.6. The molecule has 0 amide bonds. The molecule has 2 aliphatic heterocycles. The summed E-state index contributed by atoms with van der Waals surface area (Å²) < 4.78 is 22.9. The zero-order chi connectivity index (χ0) is 21.5. The zero-order valence-corrected chi connectivity index (χ0v) is 17.4. The van der Waals surface area contributed by atoms with Crippen LogP contribution in [0.5, 0.6) is 11.5 Å². The Labute approximate surface area is 175 Å². The monoisotopic (exact) mass is 416 g/mol. The summed E-state index contributed by atoms with van der Waals surface area (Å²) in [4.78, 5) is 0. The van der Waals surface area contributed by atoms with E-state index in [2.05, 4.69) is 0 Å². The number of benzene rings is 2. The van der Waals surface area contributed by atoms with E-state index < -0.39 is 30.2 Å². The predicted octanol–water partition coefficient (Wildman–Crippen LogP) is 1.87. The maximum absolute atomic E-state index is 10.7. The van der Waals surface area contributed by atoms with E-state index in [4.69, 9.17) is 18.9 Å². The molecule has 0 unspecified atom stereocenters.